The van der Waals surface area contributed by atoms with Crippen molar-refractivity contribution in [2.24, 2.45) is 0 Å². The molecular formula is C25H23FN2O6S. The number of carbonyl (C=O) groups is 2. The van der Waals surface area contributed by atoms with Crippen LogP contribution in [-0.2, 0) is 19.4 Å². The third-order valence-electron chi connectivity index (χ3n) is 5.71. The first-order valence-corrected chi connectivity index (χ1v) is 12.2. The molecule has 1 atom stereocenters. The summed E-state index contributed by atoms with van der Waals surface area (Å²) in [6, 6.07) is 16.0. The number of hydrogen-bond donors (Lipinski definition) is 1. The number of hydrogen-bond acceptors (Lipinski definition) is 6. The molecule has 1 aliphatic rings. The lowest BCUT2D eigenvalue weighted by molar-refractivity contribution is -0.121. The Hall–Kier alpha value is -3.92. The number of halogens is 1. The van der Waals surface area contributed by atoms with Crippen LogP contribution in [0.4, 0.5) is 15.8 Å². The van der Waals surface area contributed by atoms with Crippen LogP contribution in [-0.4, -0.2) is 41.0 Å². The maximum atomic E-state index is 13.7. The van der Waals surface area contributed by atoms with Gasteiger partial charge in [-0.3, -0.25) is 9.59 Å². The zero-order chi connectivity index (χ0) is 25.2. The number of methoxy groups -OCH3 is 2. The number of rotatable bonds is 6. The quantitative estimate of drug-likeness (QED) is 0.556. The first-order valence-electron chi connectivity index (χ1n) is 10.6. The van der Waals surface area contributed by atoms with Crippen molar-refractivity contribution in [2.45, 2.75) is 16.6 Å². The maximum Gasteiger partial charge on any atom is 0.244 e. The summed E-state index contributed by atoms with van der Waals surface area (Å²) in [4.78, 5) is 27.2. The zero-order valence-electron chi connectivity index (χ0n) is 19.0. The first kappa shape index (κ1) is 24.2. The Morgan fingerprint density at radius 1 is 1.03 bits per heavy atom. The number of para-hydroxylation sites is 1. The number of nitrogens with zero attached hydrogens (tertiary/aromatic N) is 1. The van der Waals surface area contributed by atoms with Crippen LogP contribution in [0.5, 0.6) is 11.5 Å². The number of fused-ring (bicyclic) bond motifs is 1. The first-order chi connectivity index (χ1) is 16.7. The molecule has 35 heavy (non-hydrogen) atoms. The van der Waals surface area contributed by atoms with Gasteiger partial charge in [-0.15, -0.1) is 0 Å². The molecular weight excluding hydrogens is 475 g/mol. The number of sulfone groups is 1. The summed E-state index contributed by atoms with van der Waals surface area (Å²) in [5.41, 5.74) is 0.834. The van der Waals surface area contributed by atoms with Crippen molar-refractivity contribution in [3.63, 3.8) is 0 Å². The normalized spacial score (nSPS) is 16.7. The average Bonchev–Trinajstić information content (AvgIpc) is 2.93. The number of nitrogens with one attached hydrogen (secondary N) is 1. The fraction of sp³-hybridized carbons (Fsp3) is 0.200. The third-order valence-corrected chi connectivity index (χ3v) is 7.85. The molecule has 10 heteroatoms. The lowest BCUT2D eigenvalue weighted by atomic mass is 10.1. The van der Waals surface area contributed by atoms with Gasteiger partial charge in [-0.25, -0.2) is 12.8 Å². The van der Waals surface area contributed by atoms with E-state index in [0.717, 1.165) is 4.90 Å². The maximum absolute atomic E-state index is 13.7. The van der Waals surface area contributed by atoms with Crippen LogP contribution in [0.25, 0.3) is 0 Å². The average molecular weight is 499 g/mol. The standard InChI is InChI=1S/C25H23FN2O6S/c1-33-20-12-7-16(13-21(20)34-2)23-14-25(30)28(19-5-3-4-6-22(19)35(23,31)32)15-24(29)27-18-10-8-17(26)9-11-18/h3-13,23H,14-15H2,1-2H3,(H,27,29)/t23-/m1/s1. The molecule has 0 unspecified atom stereocenters. The fourth-order valence-electron chi connectivity index (χ4n) is 3.99. The number of carbonyl (C=O) groups excluding carboxylic acids is 2. The molecule has 1 N–H and O–H groups in total. The van der Waals surface area contributed by atoms with E-state index in [0.29, 0.717) is 22.7 Å². The monoisotopic (exact) mass is 498 g/mol. The summed E-state index contributed by atoms with van der Waals surface area (Å²) < 4.78 is 51.1. The number of benzene rings is 3. The van der Waals surface area contributed by atoms with Crippen molar-refractivity contribution in [1.82, 2.24) is 0 Å². The fourth-order valence-corrected chi connectivity index (χ4v) is 5.90. The largest absolute Gasteiger partial charge is 0.493 e. The smallest absolute Gasteiger partial charge is 0.244 e. The van der Waals surface area contributed by atoms with E-state index >= 15 is 0 Å². The van der Waals surface area contributed by atoms with Crippen molar-refractivity contribution in [3.05, 3.63) is 78.1 Å². The van der Waals surface area contributed by atoms with Gasteiger partial charge >= 0.3 is 0 Å². The highest BCUT2D eigenvalue weighted by Crippen LogP contribution is 2.42. The Morgan fingerprint density at radius 2 is 1.71 bits per heavy atom. The molecule has 182 valence electrons. The van der Waals surface area contributed by atoms with E-state index in [1.165, 1.54) is 56.7 Å². The van der Waals surface area contributed by atoms with E-state index in [-0.39, 0.29) is 17.0 Å². The summed E-state index contributed by atoms with van der Waals surface area (Å²) in [6.45, 7) is -0.415. The number of amides is 2. The predicted octanol–water partition coefficient (Wildman–Crippen LogP) is 3.73. The molecule has 3 aromatic rings. The Bertz CT molecular complexity index is 1370. The van der Waals surface area contributed by atoms with Gasteiger partial charge in [-0.05, 0) is 54.1 Å². The van der Waals surface area contributed by atoms with Gasteiger partial charge < -0.3 is 19.7 Å². The lowest BCUT2D eigenvalue weighted by Gasteiger charge is -2.21. The van der Waals surface area contributed by atoms with Gasteiger partial charge in [0.15, 0.2) is 21.3 Å². The van der Waals surface area contributed by atoms with Gasteiger partial charge in [0.25, 0.3) is 0 Å². The Labute approximate surface area is 202 Å². The molecule has 3 aromatic carbocycles. The van der Waals surface area contributed by atoms with Gasteiger partial charge in [0.1, 0.15) is 12.4 Å². The van der Waals surface area contributed by atoms with Crippen molar-refractivity contribution < 1.29 is 31.9 Å². The van der Waals surface area contributed by atoms with Crippen LogP contribution in [0, 0.1) is 5.82 Å². The molecule has 0 saturated heterocycles. The molecule has 8 nitrogen and oxygen atoms in total. The second kappa shape index (κ2) is 9.75. The van der Waals surface area contributed by atoms with Gasteiger partial charge in [0, 0.05) is 12.1 Å². The summed E-state index contributed by atoms with van der Waals surface area (Å²) in [5.74, 6) is -0.783. The summed E-state index contributed by atoms with van der Waals surface area (Å²) in [5, 5.41) is 1.41. The van der Waals surface area contributed by atoms with E-state index in [4.69, 9.17) is 9.47 Å². The summed E-state index contributed by atoms with van der Waals surface area (Å²) in [7, 11) is -1.11. The lowest BCUT2D eigenvalue weighted by Crippen LogP contribution is -2.38. The molecule has 0 saturated carbocycles. The zero-order valence-corrected chi connectivity index (χ0v) is 19.8. The van der Waals surface area contributed by atoms with Crippen LogP contribution in [0.2, 0.25) is 0 Å². The summed E-state index contributed by atoms with van der Waals surface area (Å²) in [6.07, 6.45) is -0.379. The Balaban J connectivity index is 1.70. The van der Waals surface area contributed by atoms with Crippen molar-refractivity contribution in [2.75, 3.05) is 31.0 Å². The van der Waals surface area contributed by atoms with Crippen molar-refractivity contribution in [1.29, 1.82) is 0 Å². The molecule has 2 amide bonds. The minimum Gasteiger partial charge on any atom is -0.493 e. The SMILES string of the molecule is COc1ccc([C@H]2CC(=O)N(CC(=O)Nc3ccc(F)cc3)c3ccccc3S2(=O)=O)cc1OC. The van der Waals surface area contributed by atoms with E-state index in [9.17, 15) is 22.4 Å². The van der Waals surface area contributed by atoms with Gasteiger partial charge in [0.05, 0.1) is 30.1 Å². The molecule has 0 bridgehead atoms. The second-order valence-corrected chi connectivity index (χ2v) is 9.95. The molecule has 4 rings (SSSR count). The van der Waals surface area contributed by atoms with Crippen LogP contribution in [0.15, 0.2) is 71.6 Å². The number of anilines is 2. The van der Waals surface area contributed by atoms with Crippen LogP contribution >= 0.6 is 0 Å². The van der Waals surface area contributed by atoms with E-state index < -0.39 is 39.3 Å². The van der Waals surface area contributed by atoms with Gasteiger partial charge in [-0.1, -0.05) is 18.2 Å². The van der Waals surface area contributed by atoms with E-state index in [1.54, 1.807) is 24.3 Å². The van der Waals surface area contributed by atoms with Crippen molar-refractivity contribution >= 4 is 33.0 Å². The highest BCUT2D eigenvalue weighted by atomic mass is 32.2. The van der Waals surface area contributed by atoms with Gasteiger partial charge in [-0.2, -0.15) is 0 Å². The summed E-state index contributed by atoms with van der Waals surface area (Å²) >= 11 is 0. The van der Waals surface area contributed by atoms with E-state index in [1.807, 2.05) is 0 Å². The molecule has 1 aliphatic heterocycles. The molecule has 0 spiro atoms. The molecule has 0 aromatic heterocycles. The molecule has 0 radical (unpaired) electrons. The third kappa shape index (κ3) is 4.83. The Morgan fingerprint density at radius 3 is 2.40 bits per heavy atom. The van der Waals surface area contributed by atoms with Crippen LogP contribution in [0.3, 0.4) is 0 Å². The second-order valence-electron chi connectivity index (χ2n) is 7.85. The minimum absolute atomic E-state index is 0.0554. The topological polar surface area (TPSA) is 102 Å². The molecule has 0 fully saturated rings. The van der Waals surface area contributed by atoms with Crippen molar-refractivity contribution in [3.8, 4) is 11.5 Å². The van der Waals surface area contributed by atoms with Gasteiger partial charge in [0.2, 0.25) is 11.8 Å². The number of ether oxygens (including phenoxy) is 2. The predicted molar refractivity (Wildman–Crippen MR) is 128 cm³/mol. The van der Waals surface area contributed by atoms with Crippen LogP contribution < -0.4 is 19.7 Å². The van der Waals surface area contributed by atoms with E-state index in [2.05, 4.69) is 5.32 Å². The minimum atomic E-state index is -4.01. The van der Waals surface area contributed by atoms with Crippen LogP contribution in [0.1, 0.15) is 17.2 Å². The molecule has 0 aliphatic carbocycles. The molecule has 1 heterocycles. The highest BCUT2D eigenvalue weighted by Gasteiger charge is 2.40. The highest BCUT2D eigenvalue weighted by molar-refractivity contribution is 7.92. The Kier molecular flexibility index (Phi) is 6.74.